The van der Waals surface area contributed by atoms with Gasteiger partial charge in [0.05, 0.1) is 22.1 Å². The molecule has 1 aliphatic heterocycles. The van der Waals surface area contributed by atoms with Gasteiger partial charge < -0.3 is 14.3 Å². The molecule has 1 aliphatic rings. The Kier molecular flexibility index (Phi) is 6.88. The quantitative estimate of drug-likeness (QED) is 0.194. The van der Waals surface area contributed by atoms with Crippen molar-refractivity contribution in [1.82, 2.24) is 9.88 Å². The summed E-state index contributed by atoms with van der Waals surface area (Å²) in [6.45, 7) is 0. The van der Waals surface area contributed by atoms with Crippen molar-refractivity contribution >= 4 is 108 Å². The molecule has 12 aromatic rings. The third-order valence-electron chi connectivity index (χ3n) is 12.0. The third-order valence-corrected chi connectivity index (χ3v) is 13.1. The standard InChI is InChI=1S/C53H32N4OS/c1-2-13-32-26-35(25-24-31(32)12-1)51-54-52(56-53(55-51)40-19-11-23-48-49(40)39-18-7-10-22-47(39)59-48)36-29-44(50-38-17-6-9-21-45(38)58-46(50)30-36)57-42-20-8-5-16-37(42)41-27-33-14-3-4-15-34(33)28-43(41)57/h1-30,51H,(H,54,55,56). The van der Waals surface area contributed by atoms with E-state index in [9.17, 15) is 0 Å². The van der Waals surface area contributed by atoms with E-state index in [2.05, 4.69) is 186 Å². The molecule has 276 valence electrons. The first-order valence-electron chi connectivity index (χ1n) is 19.9. The molecule has 0 saturated heterocycles. The van der Waals surface area contributed by atoms with Crippen LogP contribution < -0.4 is 5.32 Å². The molecule has 4 heterocycles. The first kappa shape index (κ1) is 32.5. The minimum absolute atomic E-state index is 0.392. The molecule has 13 rings (SSSR count). The van der Waals surface area contributed by atoms with Gasteiger partial charge in [0.25, 0.3) is 0 Å². The van der Waals surface area contributed by atoms with Crippen LogP contribution in [0.15, 0.2) is 196 Å². The predicted molar refractivity (Wildman–Crippen MR) is 248 cm³/mol. The molecule has 59 heavy (non-hydrogen) atoms. The van der Waals surface area contributed by atoms with E-state index in [0.717, 1.165) is 61.2 Å². The molecule has 3 aromatic heterocycles. The van der Waals surface area contributed by atoms with E-state index in [4.69, 9.17) is 14.4 Å². The second-order valence-corrected chi connectivity index (χ2v) is 16.5. The lowest BCUT2D eigenvalue weighted by molar-refractivity contribution is 0.666. The molecule has 0 aliphatic carbocycles. The van der Waals surface area contributed by atoms with Crippen LogP contribution in [0.25, 0.3) is 91.1 Å². The predicted octanol–water partition coefficient (Wildman–Crippen LogP) is 13.9. The summed E-state index contributed by atoms with van der Waals surface area (Å²) in [5.41, 5.74) is 7.95. The molecule has 5 nitrogen and oxygen atoms in total. The van der Waals surface area contributed by atoms with E-state index < -0.39 is 6.17 Å². The molecule has 9 aromatic carbocycles. The zero-order chi connectivity index (χ0) is 38.6. The van der Waals surface area contributed by atoms with Crippen molar-refractivity contribution in [3.63, 3.8) is 0 Å². The van der Waals surface area contributed by atoms with Crippen LogP contribution >= 0.6 is 11.3 Å². The Labute approximate surface area is 341 Å². The zero-order valence-electron chi connectivity index (χ0n) is 31.6. The number of nitrogens with one attached hydrogen (secondary N) is 1. The van der Waals surface area contributed by atoms with Crippen molar-refractivity contribution in [3.05, 3.63) is 199 Å². The Bertz CT molecular complexity index is 3790. The van der Waals surface area contributed by atoms with Gasteiger partial charge in [-0.3, -0.25) is 0 Å². The van der Waals surface area contributed by atoms with Crippen LogP contribution in [0.3, 0.4) is 0 Å². The Morgan fingerprint density at radius 2 is 1.22 bits per heavy atom. The van der Waals surface area contributed by atoms with Crippen molar-refractivity contribution in [1.29, 1.82) is 0 Å². The number of para-hydroxylation sites is 2. The molecular weight excluding hydrogens is 741 g/mol. The van der Waals surface area contributed by atoms with Crippen LogP contribution in [-0.2, 0) is 0 Å². The first-order valence-corrected chi connectivity index (χ1v) is 20.7. The van der Waals surface area contributed by atoms with Crippen molar-refractivity contribution in [2.45, 2.75) is 6.17 Å². The van der Waals surface area contributed by atoms with Gasteiger partial charge in [0.1, 0.15) is 23.2 Å². The monoisotopic (exact) mass is 772 g/mol. The van der Waals surface area contributed by atoms with Gasteiger partial charge in [-0.1, -0.05) is 127 Å². The van der Waals surface area contributed by atoms with Gasteiger partial charge >= 0.3 is 0 Å². The number of rotatable bonds is 4. The van der Waals surface area contributed by atoms with Gasteiger partial charge in [-0.05, 0) is 81.7 Å². The largest absolute Gasteiger partial charge is 0.456 e. The minimum Gasteiger partial charge on any atom is -0.456 e. The lowest BCUT2D eigenvalue weighted by Gasteiger charge is -2.24. The smallest absolute Gasteiger partial charge is 0.160 e. The van der Waals surface area contributed by atoms with E-state index >= 15 is 0 Å². The summed E-state index contributed by atoms with van der Waals surface area (Å²) in [7, 11) is 0. The minimum atomic E-state index is -0.392. The highest BCUT2D eigenvalue weighted by Crippen LogP contribution is 2.42. The SMILES string of the molecule is c1ccc2cc(C3N=C(c4cccc5sc6ccccc6c45)N=C(c4cc(-n5c6ccccc6c6cc7ccccc7cc65)c5c(c4)oc4ccccc45)N3)ccc2c1. The van der Waals surface area contributed by atoms with Crippen LogP contribution in [0.1, 0.15) is 22.9 Å². The maximum absolute atomic E-state index is 6.76. The van der Waals surface area contributed by atoms with E-state index in [1.54, 1.807) is 0 Å². The number of hydrogen-bond donors (Lipinski definition) is 1. The summed E-state index contributed by atoms with van der Waals surface area (Å²) in [4.78, 5) is 10.9. The molecule has 0 fully saturated rings. The fourth-order valence-corrected chi connectivity index (χ4v) is 10.4. The number of nitrogens with zero attached hydrogens (tertiary/aromatic N) is 3. The van der Waals surface area contributed by atoms with Crippen LogP contribution in [-0.4, -0.2) is 16.2 Å². The van der Waals surface area contributed by atoms with E-state index in [0.29, 0.717) is 5.84 Å². The molecule has 0 amide bonds. The Hall–Kier alpha value is -7.54. The topological polar surface area (TPSA) is 54.8 Å². The average molecular weight is 773 g/mol. The Morgan fingerprint density at radius 1 is 0.508 bits per heavy atom. The fourth-order valence-electron chi connectivity index (χ4n) is 9.29. The highest BCUT2D eigenvalue weighted by atomic mass is 32.1. The number of aromatic nitrogens is 1. The number of benzene rings is 9. The summed E-state index contributed by atoms with van der Waals surface area (Å²) >= 11 is 1.81. The third kappa shape index (κ3) is 4.97. The lowest BCUT2D eigenvalue weighted by atomic mass is 10.0. The van der Waals surface area contributed by atoms with Crippen molar-refractivity contribution in [2.75, 3.05) is 0 Å². The summed E-state index contributed by atoms with van der Waals surface area (Å²) in [5.74, 6) is 1.43. The van der Waals surface area contributed by atoms with E-state index in [1.807, 2.05) is 17.4 Å². The van der Waals surface area contributed by atoms with Crippen molar-refractivity contribution < 1.29 is 4.42 Å². The number of thiophene rings is 1. The highest BCUT2D eigenvalue weighted by Gasteiger charge is 2.26. The molecule has 0 radical (unpaired) electrons. The number of furan rings is 1. The number of fused-ring (bicyclic) bond motifs is 11. The van der Waals surface area contributed by atoms with Crippen LogP contribution in [0.2, 0.25) is 0 Å². The summed E-state index contributed by atoms with van der Waals surface area (Å²) in [6.07, 6.45) is -0.392. The molecule has 0 bridgehead atoms. The summed E-state index contributed by atoms with van der Waals surface area (Å²) in [6, 6.07) is 65.0. The maximum Gasteiger partial charge on any atom is 0.160 e. The van der Waals surface area contributed by atoms with Crippen LogP contribution in [0.4, 0.5) is 0 Å². The van der Waals surface area contributed by atoms with E-state index in [1.165, 1.54) is 52.5 Å². The van der Waals surface area contributed by atoms with Crippen molar-refractivity contribution in [3.8, 4) is 5.69 Å². The number of hydrogen-bond acceptors (Lipinski definition) is 5. The maximum atomic E-state index is 6.76. The van der Waals surface area contributed by atoms with Gasteiger partial charge in [0, 0.05) is 47.5 Å². The molecule has 6 heteroatoms. The molecule has 1 N–H and O–H groups in total. The van der Waals surface area contributed by atoms with Gasteiger partial charge in [-0.25, -0.2) is 9.98 Å². The second-order valence-electron chi connectivity index (χ2n) is 15.4. The zero-order valence-corrected chi connectivity index (χ0v) is 32.4. The second kappa shape index (κ2) is 12.5. The lowest BCUT2D eigenvalue weighted by Crippen LogP contribution is -2.33. The summed E-state index contributed by atoms with van der Waals surface area (Å²) < 4.78 is 11.6. The van der Waals surface area contributed by atoms with Crippen LogP contribution in [0, 0.1) is 0 Å². The van der Waals surface area contributed by atoms with Gasteiger partial charge in [-0.2, -0.15) is 0 Å². The Morgan fingerprint density at radius 3 is 2.10 bits per heavy atom. The Balaban J connectivity index is 1.09. The van der Waals surface area contributed by atoms with Crippen molar-refractivity contribution in [2.24, 2.45) is 9.98 Å². The molecule has 0 spiro atoms. The van der Waals surface area contributed by atoms with E-state index in [-0.39, 0.29) is 0 Å². The number of aliphatic imine (C=N–C) groups is 2. The molecule has 1 atom stereocenters. The van der Waals surface area contributed by atoms with Crippen LogP contribution in [0.5, 0.6) is 0 Å². The number of amidine groups is 2. The average Bonchev–Trinajstić information content (AvgIpc) is 3.97. The van der Waals surface area contributed by atoms with Gasteiger partial charge in [-0.15, -0.1) is 11.3 Å². The highest BCUT2D eigenvalue weighted by molar-refractivity contribution is 7.25. The molecular formula is C53H32N4OS. The fraction of sp³-hybridized carbons (Fsp3) is 0.0189. The van der Waals surface area contributed by atoms with Gasteiger partial charge in [0.2, 0.25) is 0 Å². The molecule has 1 unspecified atom stereocenters. The molecule has 0 saturated carbocycles. The first-order chi connectivity index (χ1) is 29.2. The normalized spacial score (nSPS) is 14.6. The van der Waals surface area contributed by atoms with Gasteiger partial charge in [0.15, 0.2) is 5.84 Å². The summed E-state index contributed by atoms with van der Waals surface area (Å²) in [5, 5.41) is 15.5.